The van der Waals surface area contributed by atoms with Crippen LogP contribution in [-0.4, -0.2) is 19.6 Å². The minimum Gasteiger partial charge on any atom is -0.389 e. The van der Waals surface area contributed by atoms with Gasteiger partial charge in [0.15, 0.2) is 0 Å². The van der Waals surface area contributed by atoms with E-state index in [4.69, 9.17) is 10.7 Å². The Bertz CT molecular complexity index is 1020. The Morgan fingerprint density at radius 3 is 2.80 bits per heavy atom. The van der Waals surface area contributed by atoms with Crippen molar-refractivity contribution in [2.45, 2.75) is 19.8 Å². The van der Waals surface area contributed by atoms with Gasteiger partial charge in [-0.2, -0.15) is 9.47 Å². The zero-order valence-electron chi connectivity index (χ0n) is 13.9. The molecule has 25 heavy (non-hydrogen) atoms. The number of pyridine rings is 1. The van der Waals surface area contributed by atoms with E-state index >= 15 is 0 Å². The molecule has 0 aliphatic carbocycles. The molecule has 5 nitrogen and oxygen atoms in total. The van der Waals surface area contributed by atoms with Gasteiger partial charge < -0.3 is 5.73 Å². The highest BCUT2D eigenvalue weighted by molar-refractivity contribution is 7.11. The Morgan fingerprint density at radius 1 is 1.16 bits per heavy atom. The van der Waals surface area contributed by atoms with Crippen LogP contribution in [0.3, 0.4) is 0 Å². The molecule has 0 aliphatic heterocycles. The summed E-state index contributed by atoms with van der Waals surface area (Å²) in [5, 5.41) is 8.77. The van der Waals surface area contributed by atoms with Crippen molar-refractivity contribution in [3.05, 3.63) is 48.3 Å². The molecule has 3 aromatic heterocycles. The van der Waals surface area contributed by atoms with E-state index in [0.29, 0.717) is 10.9 Å². The molecule has 1 aromatic carbocycles. The van der Waals surface area contributed by atoms with Crippen molar-refractivity contribution >= 4 is 39.8 Å². The Balaban J connectivity index is 0.00000182. The van der Waals surface area contributed by atoms with E-state index in [1.165, 1.54) is 11.5 Å². The summed E-state index contributed by atoms with van der Waals surface area (Å²) >= 11 is 1.31. The molecular weight excluding hydrogens is 354 g/mol. The molecule has 0 unspecified atom stereocenters. The first kappa shape index (κ1) is 17.4. The molecule has 0 aliphatic rings. The Kier molecular flexibility index (Phi) is 4.74. The molecule has 0 fully saturated rings. The predicted molar refractivity (Wildman–Crippen MR) is 106 cm³/mol. The summed E-state index contributed by atoms with van der Waals surface area (Å²) in [6.07, 6.45) is 1.81. The number of rotatable bonds is 3. The van der Waals surface area contributed by atoms with Gasteiger partial charge in [-0.3, -0.25) is 10.1 Å². The minimum absolute atomic E-state index is 0. The number of benzene rings is 1. The molecule has 0 radical (unpaired) electrons. The zero-order chi connectivity index (χ0) is 16.7. The summed E-state index contributed by atoms with van der Waals surface area (Å²) in [6, 6.07) is 12.2. The summed E-state index contributed by atoms with van der Waals surface area (Å²) in [5.74, 6) is 0.364. The zero-order valence-corrected chi connectivity index (χ0v) is 15.5. The van der Waals surface area contributed by atoms with Gasteiger partial charge in [-0.25, -0.2) is 0 Å². The van der Waals surface area contributed by atoms with Crippen molar-refractivity contribution in [1.29, 1.82) is 0 Å². The summed E-state index contributed by atoms with van der Waals surface area (Å²) in [4.78, 5) is 4.78. The van der Waals surface area contributed by atoms with E-state index in [1.54, 1.807) is 0 Å². The lowest BCUT2D eigenvalue weighted by atomic mass is 10.0. The molecule has 128 valence electrons. The highest BCUT2D eigenvalue weighted by atomic mass is 35.5. The molecule has 0 bridgehead atoms. The molecule has 0 atom stereocenters. The van der Waals surface area contributed by atoms with Gasteiger partial charge in [0, 0.05) is 16.6 Å². The lowest BCUT2D eigenvalue weighted by Crippen LogP contribution is -1.96. The molecule has 0 saturated heterocycles. The fraction of sp³-hybridized carbons (Fsp3) is 0.167. The van der Waals surface area contributed by atoms with Crippen molar-refractivity contribution in [2.75, 3.05) is 5.73 Å². The van der Waals surface area contributed by atoms with Crippen molar-refractivity contribution in [2.24, 2.45) is 0 Å². The number of hydrogen-bond acceptors (Lipinski definition) is 5. The van der Waals surface area contributed by atoms with Crippen molar-refractivity contribution < 1.29 is 0 Å². The van der Waals surface area contributed by atoms with Gasteiger partial charge in [0.1, 0.15) is 5.00 Å². The lowest BCUT2D eigenvalue weighted by molar-refractivity contribution is 0.825. The first-order valence-corrected chi connectivity index (χ1v) is 8.57. The quantitative estimate of drug-likeness (QED) is 0.538. The average molecular weight is 372 g/mol. The number of H-pyrrole nitrogens is 1. The van der Waals surface area contributed by atoms with Crippen molar-refractivity contribution in [3.63, 3.8) is 0 Å². The molecule has 3 heterocycles. The second kappa shape index (κ2) is 6.82. The fourth-order valence-corrected chi connectivity index (χ4v) is 3.43. The number of anilines is 1. The van der Waals surface area contributed by atoms with Gasteiger partial charge in [-0.1, -0.05) is 26.0 Å². The normalized spacial score (nSPS) is 11.0. The van der Waals surface area contributed by atoms with E-state index in [2.05, 4.69) is 34.5 Å². The maximum absolute atomic E-state index is 6.23. The third-order valence-electron chi connectivity index (χ3n) is 4.05. The van der Waals surface area contributed by atoms with Gasteiger partial charge in [-0.05, 0) is 41.7 Å². The second-order valence-corrected chi connectivity index (χ2v) is 6.85. The lowest BCUT2D eigenvalue weighted by Gasteiger charge is -2.08. The van der Waals surface area contributed by atoms with Crippen molar-refractivity contribution in [1.82, 2.24) is 19.6 Å². The molecule has 7 heteroatoms. The fourth-order valence-electron chi connectivity index (χ4n) is 2.75. The highest BCUT2D eigenvalue weighted by Crippen LogP contribution is 2.38. The molecule has 4 aromatic rings. The van der Waals surface area contributed by atoms with E-state index in [1.807, 2.05) is 36.5 Å². The number of nitrogen functional groups attached to an aromatic ring is 1. The predicted octanol–water partition coefficient (Wildman–Crippen LogP) is 4.88. The summed E-state index contributed by atoms with van der Waals surface area (Å²) in [6.45, 7) is 4.27. The second-order valence-electron chi connectivity index (χ2n) is 6.04. The van der Waals surface area contributed by atoms with Crippen LogP contribution in [0.5, 0.6) is 0 Å². The van der Waals surface area contributed by atoms with Crippen LogP contribution in [0, 0.1) is 0 Å². The van der Waals surface area contributed by atoms with Crippen LogP contribution in [0.4, 0.5) is 5.00 Å². The van der Waals surface area contributed by atoms with E-state index < -0.39 is 0 Å². The van der Waals surface area contributed by atoms with Gasteiger partial charge >= 0.3 is 0 Å². The van der Waals surface area contributed by atoms with Crippen LogP contribution in [0.25, 0.3) is 33.4 Å². The number of nitrogens with one attached hydrogen (secondary N) is 1. The third-order valence-corrected chi connectivity index (χ3v) is 4.73. The number of nitrogens with two attached hydrogens (primary N) is 1. The number of aromatic nitrogens is 4. The molecule has 4 rings (SSSR count). The van der Waals surface area contributed by atoms with Crippen LogP contribution in [0.2, 0.25) is 0 Å². The SMILES string of the molecule is CC(C)c1cccc(-c2c(-c3ccc4[nH]ncc4c3)nsc2N)n1.Cl. The number of nitrogens with zero attached hydrogens (tertiary/aromatic N) is 3. The average Bonchev–Trinajstić information content (AvgIpc) is 3.20. The Hall–Kier alpha value is -2.44. The largest absolute Gasteiger partial charge is 0.389 e. The monoisotopic (exact) mass is 371 g/mol. The number of fused-ring (bicyclic) bond motifs is 1. The van der Waals surface area contributed by atoms with Gasteiger partial charge in [0.2, 0.25) is 0 Å². The Morgan fingerprint density at radius 2 is 2.00 bits per heavy atom. The van der Waals surface area contributed by atoms with E-state index in [9.17, 15) is 0 Å². The number of hydrogen-bond donors (Lipinski definition) is 2. The molecule has 0 spiro atoms. The highest BCUT2D eigenvalue weighted by Gasteiger charge is 2.18. The van der Waals surface area contributed by atoms with Crippen LogP contribution in [-0.2, 0) is 0 Å². The molecule has 3 N–H and O–H groups in total. The summed E-state index contributed by atoms with van der Waals surface area (Å²) in [7, 11) is 0. The molecule has 0 saturated carbocycles. The molecule has 0 amide bonds. The topological polar surface area (TPSA) is 80.5 Å². The summed E-state index contributed by atoms with van der Waals surface area (Å²) in [5.41, 5.74) is 11.9. The first-order chi connectivity index (χ1) is 11.6. The van der Waals surface area contributed by atoms with Gasteiger partial charge in [0.05, 0.1) is 28.7 Å². The smallest absolute Gasteiger partial charge is 0.116 e. The molecular formula is C18H18ClN5S. The van der Waals surface area contributed by atoms with E-state index in [-0.39, 0.29) is 12.4 Å². The standard InChI is InChI=1S/C18H17N5S.ClH/c1-10(2)13-4-3-5-15(21-13)16-17(23-24-18(16)19)11-6-7-14-12(8-11)9-20-22-14;/h3-10H,19H2,1-2H3,(H,20,22);1H. The van der Waals surface area contributed by atoms with Gasteiger partial charge in [-0.15, -0.1) is 12.4 Å². The maximum Gasteiger partial charge on any atom is 0.116 e. The van der Waals surface area contributed by atoms with Crippen LogP contribution >= 0.6 is 23.9 Å². The maximum atomic E-state index is 6.23. The summed E-state index contributed by atoms with van der Waals surface area (Å²) < 4.78 is 4.57. The van der Waals surface area contributed by atoms with Crippen molar-refractivity contribution in [3.8, 4) is 22.5 Å². The number of halogens is 1. The van der Waals surface area contributed by atoms with E-state index in [0.717, 1.165) is 39.1 Å². The minimum atomic E-state index is 0. The van der Waals surface area contributed by atoms with Gasteiger partial charge in [0.25, 0.3) is 0 Å². The number of aromatic amines is 1. The van der Waals surface area contributed by atoms with Crippen LogP contribution < -0.4 is 5.73 Å². The Labute approximate surface area is 155 Å². The van der Waals surface area contributed by atoms with Crippen LogP contribution in [0.1, 0.15) is 25.5 Å². The third kappa shape index (κ3) is 3.10. The van der Waals surface area contributed by atoms with Crippen LogP contribution in [0.15, 0.2) is 42.6 Å². The first-order valence-electron chi connectivity index (χ1n) is 7.79.